The number of halogens is 1. The Bertz CT molecular complexity index is 698. The van der Waals surface area contributed by atoms with E-state index in [1.54, 1.807) is 18.2 Å². The molecule has 1 aliphatic rings. The normalized spacial score (nSPS) is 15.4. The smallest absolute Gasteiger partial charge is 0.307 e. The van der Waals surface area contributed by atoms with Gasteiger partial charge in [-0.3, -0.25) is 9.36 Å². The number of fused-ring (bicyclic) bond motifs is 1. The highest BCUT2D eigenvalue weighted by Crippen LogP contribution is 2.29. The summed E-state index contributed by atoms with van der Waals surface area (Å²) < 4.78 is 1.27. The summed E-state index contributed by atoms with van der Waals surface area (Å²) in [5.41, 5.74) is -0.0497. The Hall–Kier alpha value is -1.55. The Labute approximate surface area is 102 Å². The summed E-state index contributed by atoms with van der Waals surface area (Å²) in [7, 11) is 0. The fraction of sp³-hybridized carbons (Fsp3) is 0.333. The van der Waals surface area contributed by atoms with Crippen LogP contribution in [0.25, 0.3) is 10.9 Å². The van der Waals surface area contributed by atoms with Gasteiger partial charge in [0.05, 0.1) is 10.9 Å². The third-order valence-corrected chi connectivity index (χ3v) is 3.32. The van der Waals surface area contributed by atoms with E-state index in [1.807, 2.05) is 0 Å². The van der Waals surface area contributed by atoms with Crippen LogP contribution in [0.4, 0.5) is 0 Å². The fourth-order valence-electron chi connectivity index (χ4n) is 1.95. The van der Waals surface area contributed by atoms with Gasteiger partial charge >= 0.3 is 5.69 Å². The highest BCUT2D eigenvalue weighted by molar-refractivity contribution is 6.31. The van der Waals surface area contributed by atoms with Crippen molar-refractivity contribution < 1.29 is 0 Å². The van der Waals surface area contributed by atoms with Crippen LogP contribution in [0.15, 0.2) is 27.8 Å². The van der Waals surface area contributed by atoms with Crippen LogP contribution < -0.4 is 11.2 Å². The van der Waals surface area contributed by atoms with Crippen LogP contribution in [-0.2, 0) is 6.54 Å². The Kier molecular flexibility index (Phi) is 2.33. The number of rotatable bonds is 2. The van der Waals surface area contributed by atoms with E-state index in [4.69, 9.17) is 11.6 Å². The van der Waals surface area contributed by atoms with Gasteiger partial charge in [-0.15, -0.1) is 0 Å². The average molecular weight is 251 g/mol. The second kappa shape index (κ2) is 3.74. The van der Waals surface area contributed by atoms with E-state index in [1.165, 1.54) is 4.57 Å². The molecule has 1 aromatic carbocycles. The molecule has 1 aliphatic carbocycles. The highest BCUT2D eigenvalue weighted by atomic mass is 35.5. The van der Waals surface area contributed by atoms with Gasteiger partial charge in [0.25, 0.3) is 5.56 Å². The lowest BCUT2D eigenvalue weighted by atomic mass is 10.2. The van der Waals surface area contributed by atoms with Crippen LogP contribution in [0, 0.1) is 5.92 Å². The van der Waals surface area contributed by atoms with Crippen molar-refractivity contribution in [1.29, 1.82) is 0 Å². The molecule has 3 rings (SSSR count). The maximum absolute atomic E-state index is 12.1. The van der Waals surface area contributed by atoms with Gasteiger partial charge in [0, 0.05) is 11.6 Å². The molecular weight excluding hydrogens is 240 g/mol. The van der Waals surface area contributed by atoms with Crippen molar-refractivity contribution in [3.63, 3.8) is 0 Å². The number of H-pyrrole nitrogens is 1. The summed E-state index contributed by atoms with van der Waals surface area (Å²) in [5.74, 6) is 0.477. The predicted molar refractivity (Wildman–Crippen MR) is 66.6 cm³/mol. The standard InChI is InChI=1S/C12H11ClN2O2/c13-8-3-4-10-9(5-8)11(16)15(12(17)14-10)6-7-1-2-7/h3-5,7H,1-2,6H2,(H,14,17). The number of hydrogen-bond acceptors (Lipinski definition) is 2. The second-order valence-corrected chi connectivity index (χ2v) is 4.92. The largest absolute Gasteiger partial charge is 0.328 e. The summed E-state index contributed by atoms with van der Waals surface area (Å²) in [5, 5.41) is 0.970. The summed E-state index contributed by atoms with van der Waals surface area (Å²) >= 11 is 5.86. The zero-order valence-electron chi connectivity index (χ0n) is 9.07. The molecule has 1 aromatic heterocycles. The molecule has 2 aromatic rings. The van der Waals surface area contributed by atoms with E-state index in [0.717, 1.165) is 12.8 Å². The SMILES string of the molecule is O=c1[nH]c2ccc(Cl)cc2c(=O)n1CC1CC1. The van der Waals surface area contributed by atoms with Crippen molar-refractivity contribution in [2.45, 2.75) is 19.4 Å². The minimum atomic E-state index is -0.336. The van der Waals surface area contributed by atoms with Crippen molar-refractivity contribution in [3.05, 3.63) is 44.1 Å². The predicted octanol–water partition coefficient (Wildman–Crippen LogP) is 1.75. The summed E-state index contributed by atoms with van der Waals surface area (Å²) in [6.45, 7) is 0.511. The minimum Gasteiger partial charge on any atom is -0.307 e. The van der Waals surface area contributed by atoms with Crippen LogP contribution in [0.1, 0.15) is 12.8 Å². The van der Waals surface area contributed by atoms with Gasteiger partial charge in [-0.2, -0.15) is 0 Å². The highest BCUT2D eigenvalue weighted by Gasteiger charge is 2.23. The lowest BCUT2D eigenvalue weighted by Crippen LogP contribution is -2.35. The first-order valence-electron chi connectivity index (χ1n) is 5.57. The van der Waals surface area contributed by atoms with E-state index in [0.29, 0.717) is 28.4 Å². The topological polar surface area (TPSA) is 54.9 Å². The number of nitrogens with one attached hydrogen (secondary N) is 1. The van der Waals surface area contributed by atoms with Crippen molar-refractivity contribution in [3.8, 4) is 0 Å². The number of aromatic nitrogens is 2. The summed E-state index contributed by atoms with van der Waals surface area (Å²) in [6, 6.07) is 4.91. The van der Waals surface area contributed by atoms with E-state index >= 15 is 0 Å². The molecule has 0 unspecified atom stereocenters. The third-order valence-electron chi connectivity index (χ3n) is 3.08. The molecule has 1 saturated carbocycles. The molecular formula is C12H11ClN2O2. The quantitative estimate of drug-likeness (QED) is 0.883. The van der Waals surface area contributed by atoms with Crippen molar-refractivity contribution in [2.75, 3.05) is 0 Å². The number of nitrogens with zero attached hydrogens (tertiary/aromatic N) is 1. The molecule has 0 atom stereocenters. The van der Waals surface area contributed by atoms with Crippen LogP contribution in [0.2, 0.25) is 5.02 Å². The second-order valence-electron chi connectivity index (χ2n) is 4.48. The number of benzene rings is 1. The molecule has 0 bridgehead atoms. The van der Waals surface area contributed by atoms with Crippen LogP contribution >= 0.6 is 11.6 Å². The van der Waals surface area contributed by atoms with E-state index < -0.39 is 0 Å². The molecule has 0 amide bonds. The van der Waals surface area contributed by atoms with E-state index in [9.17, 15) is 9.59 Å². The first-order valence-corrected chi connectivity index (χ1v) is 5.95. The van der Waals surface area contributed by atoms with Crippen molar-refractivity contribution in [2.24, 2.45) is 5.92 Å². The Morgan fingerprint density at radius 3 is 2.82 bits per heavy atom. The van der Waals surface area contributed by atoms with E-state index in [-0.39, 0.29) is 11.2 Å². The third kappa shape index (κ3) is 1.89. The fourth-order valence-corrected chi connectivity index (χ4v) is 2.12. The molecule has 0 radical (unpaired) electrons. The zero-order valence-corrected chi connectivity index (χ0v) is 9.83. The molecule has 5 heteroatoms. The van der Waals surface area contributed by atoms with Crippen LogP contribution in [0.3, 0.4) is 0 Å². The Balaban J connectivity index is 2.28. The van der Waals surface area contributed by atoms with Crippen molar-refractivity contribution in [1.82, 2.24) is 9.55 Å². The first-order chi connectivity index (χ1) is 8.15. The summed E-state index contributed by atoms with van der Waals surface area (Å²) in [6.07, 6.45) is 2.19. The molecule has 0 saturated heterocycles. The molecule has 1 N–H and O–H groups in total. The van der Waals surface area contributed by atoms with Gasteiger partial charge in [-0.25, -0.2) is 4.79 Å². The molecule has 88 valence electrons. The maximum Gasteiger partial charge on any atom is 0.328 e. The van der Waals surface area contributed by atoms with Crippen molar-refractivity contribution >= 4 is 22.5 Å². The Morgan fingerprint density at radius 2 is 2.12 bits per heavy atom. The molecule has 1 heterocycles. The van der Waals surface area contributed by atoms with Gasteiger partial charge in [0.15, 0.2) is 0 Å². The van der Waals surface area contributed by atoms with Gasteiger partial charge in [0.2, 0.25) is 0 Å². The minimum absolute atomic E-state index is 0.252. The molecule has 1 fully saturated rings. The molecule has 4 nitrogen and oxygen atoms in total. The average Bonchev–Trinajstić information content (AvgIpc) is 3.09. The van der Waals surface area contributed by atoms with Gasteiger partial charge < -0.3 is 4.98 Å². The van der Waals surface area contributed by atoms with Gasteiger partial charge in [-0.05, 0) is 37.0 Å². The lowest BCUT2D eigenvalue weighted by Gasteiger charge is -2.05. The lowest BCUT2D eigenvalue weighted by molar-refractivity contribution is 0.581. The first kappa shape index (κ1) is 10.6. The number of aromatic amines is 1. The van der Waals surface area contributed by atoms with Gasteiger partial charge in [-0.1, -0.05) is 11.6 Å². The maximum atomic E-state index is 12.1. The summed E-state index contributed by atoms with van der Waals surface area (Å²) in [4.78, 5) is 26.6. The molecule has 0 spiro atoms. The van der Waals surface area contributed by atoms with Gasteiger partial charge in [0.1, 0.15) is 0 Å². The molecule has 0 aliphatic heterocycles. The molecule has 17 heavy (non-hydrogen) atoms. The Morgan fingerprint density at radius 1 is 1.35 bits per heavy atom. The zero-order chi connectivity index (χ0) is 12.0. The monoisotopic (exact) mass is 250 g/mol. The van der Waals surface area contributed by atoms with Crippen LogP contribution in [0.5, 0.6) is 0 Å². The van der Waals surface area contributed by atoms with E-state index in [2.05, 4.69) is 4.98 Å². The van der Waals surface area contributed by atoms with Crippen LogP contribution in [-0.4, -0.2) is 9.55 Å². The number of hydrogen-bond donors (Lipinski definition) is 1.